The molecular formula is C28H32F4. The molecule has 0 spiro atoms. The van der Waals surface area contributed by atoms with Crippen molar-refractivity contribution in [3.63, 3.8) is 0 Å². The fraction of sp³-hybridized carbons (Fsp3) is 0.500. The summed E-state index contributed by atoms with van der Waals surface area (Å²) in [5.74, 6) is -0.143. The third-order valence-electron chi connectivity index (χ3n) is 7.60. The van der Waals surface area contributed by atoms with Crippen molar-refractivity contribution >= 4 is 5.57 Å². The second kappa shape index (κ2) is 9.03. The minimum Gasteiger partial charge on any atom is -0.241 e. The quantitative estimate of drug-likeness (QED) is 0.305. The molecule has 0 saturated carbocycles. The van der Waals surface area contributed by atoms with E-state index in [4.69, 9.17) is 0 Å². The molecule has 0 aliphatic heterocycles. The molecule has 0 N–H and O–H groups in total. The molecule has 32 heavy (non-hydrogen) atoms. The molecule has 1 aromatic carbocycles. The van der Waals surface area contributed by atoms with Crippen molar-refractivity contribution < 1.29 is 17.6 Å². The minimum absolute atomic E-state index is 0.174. The Morgan fingerprint density at radius 3 is 2.62 bits per heavy atom. The van der Waals surface area contributed by atoms with E-state index in [1.807, 2.05) is 13.0 Å². The number of alkyl halides is 3. The molecule has 4 heteroatoms. The van der Waals surface area contributed by atoms with Gasteiger partial charge in [0.15, 0.2) is 12.3 Å². The summed E-state index contributed by atoms with van der Waals surface area (Å²) in [6.45, 7) is 7.45. The number of benzene rings is 1. The maximum atomic E-state index is 16.0. The van der Waals surface area contributed by atoms with Crippen molar-refractivity contribution in [1.29, 1.82) is 0 Å². The number of aryl methyl sites for hydroxylation is 1. The molecule has 0 radical (unpaired) electrons. The molecule has 4 rings (SSSR count). The van der Waals surface area contributed by atoms with Gasteiger partial charge in [-0.3, -0.25) is 0 Å². The van der Waals surface area contributed by atoms with Crippen LogP contribution in [0.5, 0.6) is 0 Å². The van der Waals surface area contributed by atoms with E-state index in [0.29, 0.717) is 29.9 Å². The van der Waals surface area contributed by atoms with Crippen LogP contribution in [0.25, 0.3) is 5.57 Å². The van der Waals surface area contributed by atoms with Gasteiger partial charge in [-0.25, -0.2) is 17.6 Å². The van der Waals surface area contributed by atoms with E-state index in [9.17, 15) is 0 Å². The van der Waals surface area contributed by atoms with Crippen LogP contribution >= 0.6 is 0 Å². The fourth-order valence-electron chi connectivity index (χ4n) is 5.60. The van der Waals surface area contributed by atoms with Gasteiger partial charge in [0.2, 0.25) is 0 Å². The zero-order valence-electron chi connectivity index (χ0n) is 18.9. The van der Waals surface area contributed by atoms with Gasteiger partial charge in [-0.15, -0.1) is 6.58 Å². The van der Waals surface area contributed by atoms with E-state index in [1.165, 1.54) is 0 Å². The highest BCUT2D eigenvalue weighted by molar-refractivity contribution is 5.84. The molecule has 3 aliphatic carbocycles. The van der Waals surface area contributed by atoms with Crippen molar-refractivity contribution in [3.8, 4) is 0 Å². The summed E-state index contributed by atoms with van der Waals surface area (Å²) in [6, 6.07) is 3.25. The lowest BCUT2D eigenvalue weighted by molar-refractivity contribution is 0.143. The van der Waals surface area contributed by atoms with Crippen LogP contribution in [0.4, 0.5) is 17.6 Å². The molecule has 0 amide bonds. The van der Waals surface area contributed by atoms with Gasteiger partial charge in [-0.2, -0.15) is 0 Å². The zero-order valence-corrected chi connectivity index (χ0v) is 18.9. The fourth-order valence-corrected chi connectivity index (χ4v) is 5.60. The van der Waals surface area contributed by atoms with Gasteiger partial charge in [-0.05, 0) is 68.1 Å². The molecule has 0 fully saturated rings. The van der Waals surface area contributed by atoms with Crippen molar-refractivity contribution in [2.24, 2.45) is 11.3 Å². The van der Waals surface area contributed by atoms with Crippen molar-refractivity contribution in [2.75, 3.05) is 0 Å². The molecule has 0 saturated heterocycles. The molecule has 1 aromatic rings. The van der Waals surface area contributed by atoms with Crippen LogP contribution in [0.2, 0.25) is 0 Å². The molecule has 5 atom stereocenters. The topological polar surface area (TPSA) is 0 Å². The smallest absolute Gasteiger partial charge is 0.164 e. The Bertz CT molecular complexity index is 985. The second-order valence-corrected chi connectivity index (χ2v) is 9.64. The number of fused-ring (bicyclic) bond motifs is 2. The summed E-state index contributed by atoms with van der Waals surface area (Å²) >= 11 is 0. The van der Waals surface area contributed by atoms with E-state index in [-0.39, 0.29) is 16.7 Å². The Labute approximate surface area is 188 Å². The molecule has 0 heterocycles. The molecule has 5 unspecified atom stereocenters. The first kappa shape index (κ1) is 23.1. The van der Waals surface area contributed by atoms with Crippen molar-refractivity contribution in [1.82, 2.24) is 0 Å². The first-order valence-corrected chi connectivity index (χ1v) is 11.8. The number of hydrogen-bond donors (Lipinski definition) is 0. The number of allylic oxidation sites excluding steroid dienone is 7. The van der Waals surface area contributed by atoms with E-state index >= 15 is 17.6 Å². The highest BCUT2D eigenvalue weighted by Gasteiger charge is 2.49. The maximum Gasteiger partial charge on any atom is 0.164 e. The second-order valence-electron chi connectivity index (χ2n) is 9.64. The van der Waals surface area contributed by atoms with Gasteiger partial charge in [0.1, 0.15) is 12.0 Å². The Morgan fingerprint density at radius 2 is 1.97 bits per heavy atom. The van der Waals surface area contributed by atoms with Crippen LogP contribution < -0.4 is 0 Å². The lowest BCUT2D eigenvalue weighted by atomic mass is 9.64. The maximum absolute atomic E-state index is 16.0. The summed E-state index contributed by atoms with van der Waals surface area (Å²) in [5.41, 5.74) is 0.461. The lowest BCUT2D eigenvalue weighted by Gasteiger charge is -2.42. The third-order valence-corrected chi connectivity index (χ3v) is 7.60. The molecule has 0 nitrogen and oxygen atoms in total. The summed E-state index contributed by atoms with van der Waals surface area (Å²) in [6.07, 6.45) is 7.15. The van der Waals surface area contributed by atoms with Crippen LogP contribution in [0.15, 0.2) is 54.2 Å². The summed E-state index contributed by atoms with van der Waals surface area (Å²) < 4.78 is 61.6. The van der Waals surface area contributed by atoms with Crippen LogP contribution in [0.3, 0.4) is 0 Å². The van der Waals surface area contributed by atoms with Crippen molar-refractivity contribution in [3.05, 3.63) is 76.7 Å². The molecule has 3 aliphatic rings. The number of halogens is 4. The largest absolute Gasteiger partial charge is 0.241 e. The van der Waals surface area contributed by atoms with Gasteiger partial charge in [0.25, 0.3) is 0 Å². The lowest BCUT2D eigenvalue weighted by Crippen LogP contribution is -2.40. The Balaban J connectivity index is 1.69. The predicted molar refractivity (Wildman–Crippen MR) is 123 cm³/mol. The van der Waals surface area contributed by atoms with Gasteiger partial charge in [0.05, 0.1) is 0 Å². The SMILES string of the molecule is C=CCCC1CC=C(C2(C)C=CC3=C(C(F)C(F)c4c3ccc(CCC)c4F)C2F)CC1. The molecular weight excluding hydrogens is 412 g/mol. The molecule has 172 valence electrons. The highest BCUT2D eigenvalue weighted by atomic mass is 19.2. The Hall–Kier alpha value is -2.10. The normalized spacial score (nSPS) is 31.8. The van der Waals surface area contributed by atoms with Crippen LogP contribution in [0, 0.1) is 17.2 Å². The summed E-state index contributed by atoms with van der Waals surface area (Å²) in [5, 5.41) is 0. The third kappa shape index (κ3) is 3.70. The van der Waals surface area contributed by atoms with Crippen LogP contribution in [-0.4, -0.2) is 12.3 Å². The van der Waals surface area contributed by atoms with Crippen molar-refractivity contribution in [2.45, 2.75) is 77.3 Å². The van der Waals surface area contributed by atoms with E-state index in [0.717, 1.165) is 37.7 Å². The van der Waals surface area contributed by atoms with E-state index in [2.05, 4.69) is 12.7 Å². The Kier molecular flexibility index (Phi) is 6.51. The van der Waals surface area contributed by atoms with E-state index < -0.39 is 29.7 Å². The summed E-state index contributed by atoms with van der Waals surface area (Å²) in [4.78, 5) is 0. The Morgan fingerprint density at radius 1 is 1.19 bits per heavy atom. The number of rotatable bonds is 6. The number of hydrogen-bond acceptors (Lipinski definition) is 0. The predicted octanol–water partition coefficient (Wildman–Crippen LogP) is 8.50. The highest BCUT2D eigenvalue weighted by Crippen LogP contribution is 2.54. The first-order valence-electron chi connectivity index (χ1n) is 11.8. The van der Waals surface area contributed by atoms with Crippen LogP contribution in [0.1, 0.15) is 75.2 Å². The average Bonchev–Trinajstić information content (AvgIpc) is 2.79. The van der Waals surface area contributed by atoms with Crippen LogP contribution in [-0.2, 0) is 6.42 Å². The van der Waals surface area contributed by atoms with Gasteiger partial charge >= 0.3 is 0 Å². The summed E-state index contributed by atoms with van der Waals surface area (Å²) in [7, 11) is 0. The zero-order chi connectivity index (χ0) is 23.0. The minimum atomic E-state index is -2.20. The standard InChI is InChI=1S/C28H32F4/c1-4-6-8-17-9-12-19(13-10-17)28(3)16-15-21-20-14-11-18(7-5-2)24(29)22(20)25(30)26(31)23(21)27(28)32/h4,11-12,14-17,25-27H,1,5-10,13H2,2-3H3. The average molecular weight is 445 g/mol. The monoisotopic (exact) mass is 444 g/mol. The van der Waals surface area contributed by atoms with E-state index in [1.54, 1.807) is 31.2 Å². The molecule has 0 bridgehead atoms. The van der Waals surface area contributed by atoms with Gasteiger partial charge < -0.3 is 0 Å². The van der Waals surface area contributed by atoms with Gasteiger partial charge in [-0.1, -0.05) is 55.4 Å². The first-order chi connectivity index (χ1) is 15.3. The van der Waals surface area contributed by atoms with Gasteiger partial charge in [0, 0.05) is 16.6 Å². The molecule has 0 aromatic heterocycles.